The van der Waals surface area contributed by atoms with Gasteiger partial charge in [-0.05, 0) is 24.6 Å². The summed E-state index contributed by atoms with van der Waals surface area (Å²) >= 11 is 0. The van der Waals surface area contributed by atoms with E-state index < -0.39 is 11.7 Å². The van der Waals surface area contributed by atoms with Crippen LogP contribution in [0.3, 0.4) is 0 Å². The molecule has 5 heteroatoms. The highest BCUT2D eigenvalue weighted by atomic mass is 19.4. The van der Waals surface area contributed by atoms with Gasteiger partial charge in [-0.3, -0.25) is 0 Å². The molecule has 1 aliphatic rings. The summed E-state index contributed by atoms with van der Waals surface area (Å²) < 4.78 is 37.0. The third-order valence-electron chi connectivity index (χ3n) is 2.55. The molecular weight excluding hydrogens is 205 g/mol. The van der Waals surface area contributed by atoms with E-state index in [1.54, 1.807) is 0 Å². The number of hydrogen-bond donors (Lipinski definition) is 1. The second-order valence-electron chi connectivity index (χ2n) is 3.61. The van der Waals surface area contributed by atoms with E-state index in [-0.39, 0.29) is 5.69 Å². The fourth-order valence-corrected chi connectivity index (χ4v) is 1.58. The van der Waals surface area contributed by atoms with Crippen molar-refractivity contribution in [2.45, 2.75) is 12.6 Å². The van der Waals surface area contributed by atoms with Crippen molar-refractivity contribution in [1.29, 1.82) is 0 Å². The highest BCUT2D eigenvalue weighted by Gasteiger charge is 2.31. The van der Waals surface area contributed by atoms with Crippen molar-refractivity contribution in [2.24, 2.45) is 0 Å². The zero-order valence-corrected chi connectivity index (χ0v) is 8.01. The smallest absolute Gasteiger partial charge is 0.397 e. The number of nitrogens with two attached hydrogens (primary N) is 1. The lowest BCUT2D eigenvalue weighted by Crippen LogP contribution is -2.37. The number of hydrogen-bond acceptors (Lipinski definition) is 2. The molecule has 1 aromatic carbocycles. The van der Waals surface area contributed by atoms with E-state index in [1.165, 1.54) is 6.07 Å². The van der Waals surface area contributed by atoms with Crippen LogP contribution in [0.4, 0.5) is 24.5 Å². The van der Waals surface area contributed by atoms with Crippen LogP contribution in [0.15, 0.2) is 18.2 Å². The Morgan fingerprint density at radius 2 is 1.87 bits per heavy atom. The first kappa shape index (κ1) is 10.1. The molecule has 0 atom stereocenters. The van der Waals surface area contributed by atoms with Gasteiger partial charge in [-0.2, -0.15) is 13.2 Å². The molecule has 0 amide bonds. The third kappa shape index (κ3) is 1.86. The monoisotopic (exact) mass is 216 g/mol. The van der Waals surface area contributed by atoms with Gasteiger partial charge in [-0.1, -0.05) is 0 Å². The molecule has 0 spiro atoms. The SMILES string of the molecule is Nc1cc(C(F)(F)F)ccc1N1CCC1. The first-order valence-electron chi connectivity index (χ1n) is 4.70. The van der Waals surface area contributed by atoms with Crippen LogP contribution in [0.1, 0.15) is 12.0 Å². The van der Waals surface area contributed by atoms with Crippen molar-refractivity contribution in [3.8, 4) is 0 Å². The Labute approximate surface area is 85.5 Å². The summed E-state index contributed by atoms with van der Waals surface area (Å²) in [4.78, 5) is 1.97. The van der Waals surface area contributed by atoms with Crippen molar-refractivity contribution >= 4 is 11.4 Å². The highest BCUT2D eigenvalue weighted by Crippen LogP contribution is 2.35. The fraction of sp³-hybridized carbons (Fsp3) is 0.400. The summed E-state index contributed by atoms with van der Waals surface area (Å²) in [7, 11) is 0. The fourth-order valence-electron chi connectivity index (χ4n) is 1.58. The highest BCUT2D eigenvalue weighted by molar-refractivity contribution is 5.69. The molecule has 15 heavy (non-hydrogen) atoms. The predicted octanol–water partition coefficient (Wildman–Crippen LogP) is 2.50. The van der Waals surface area contributed by atoms with Crippen LogP contribution in [0, 0.1) is 0 Å². The molecule has 1 saturated heterocycles. The Balaban J connectivity index is 2.30. The largest absolute Gasteiger partial charge is 0.416 e. The molecule has 0 aliphatic carbocycles. The van der Waals surface area contributed by atoms with Gasteiger partial charge in [-0.25, -0.2) is 0 Å². The van der Waals surface area contributed by atoms with Crippen LogP contribution in [-0.4, -0.2) is 13.1 Å². The Bertz CT molecular complexity index is 369. The molecule has 1 heterocycles. The van der Waals surface area contributed by atoms with Crippen molar-refractivity contribution in [2.75, 3.05) is 23.7 Å². The molecule has 0 bridgehead atoms. The molecule has 0 saturated carbocycles. The van der Waals surface area contributed by atoms with Gasteiger partial charge >= 0.3 is 6.18 Å². The lowest BCUT2D eigenvalue weighted by molar-refractivity contribution is -0.137. The average Bonchev–Trinajstić information content (AvgIpc) is 2.03. The molecule has 2 nitrogen and oxygen atoms in total. The van der Waals surface area contributed by atoms with Gasteiger partial charge in [0.05, 0.1) is 16.9 Å². The van der Waals surface area contributed by atoms with Crippen LogP contribution in [-0.2, 0) is 6.18 Å². The summed E-state index contributed by atoms with van der Waals surface area (Å²) in [6, 6.07) is 3.51. The summed E-state index contributed by atoms with van der Waals surface area (Å²) in [6.07, 6.45) is -3.25. The van der Waals surface area contributed by atoms with E-state index >= 15 is 0 Å². The van der Waals surface area contributed by atoms with Gasteiger partial charge in [0.25, 0.3) is 0 Å². The Hall–Kier alpha value is -1.39. The minimum atomic E-state index is -4.32. The van der Waals surface area contributed by atoms with Gasteiger partial charge in [0.1, 0.15) is 0 Å². The number of anilines is 2. The van der Waals surface area contributed by atoms with E-state index in [2.05, 4.69) is 0 Å². The maximum Gasteiger partial charge on any atom is 0.416 e. The standard InChI is InChI=1S/C10H11F3N2/c11-10(12,13)7-2-3-9(8(14)6-7)15-4-1-5-15/h2-3,6H,1,4-5,14H2. The summed E-state index contributed by atoms with van der Waals surface area (Å²) in [5.41, 5.74) is 5.80. The zero-order valence-electron chi connectivity index (χ0n) is 8.01. The maximum absolute atomic E-state index is 12.3. The molecule has 0 unspecified atom stereocenters. The Kier molecular flexibility index (Phi) is 2.25. The quantitative estimate of drug-likeness (QED) is 0.731. The zero-order chi connectivity index (χ0) is 11.1. The summed E-state index contributed by atoms with van der Waals surface area (Å²) in [5.74, 6) is 0. The minimum absolute atomic E-state index is 0.199. The predicted molar refractivity (Wildman–Crippen MR) is 52.7 cm³/mol. The molecule has 0 aromatic heterocycles. The van der Waals surface area contributed by atoms with E-state index in [9.17, 15) is 13.2 Å². The first-order valence-corrected chi connectivity index (χ1v) is 4.70. The Morgan fingerprint density at radius 1 is 1.20 bits per heavy atom. The van der Waals surface area contributed by atoms with Gasteiger partial charge in [0, 0.05) is 13.1 Å². The van der Waals surface area contributed by atoms with Crippen molar-refractivity contribution < 1.29 is 13.2 Å². The number of halogens is 3. The Morgan fingerprint density at radius 3 is 2.27 bits per heavy atom. The minimum Gasteiger partial charge on any atom is -0.397 e. The second kappa shape index (κ2) is 3.32. The van der Waals surface area contributed by atoms with Crippen molar-refractivity contribution in [1.82, 2.24) is 0 Å². The van der Waals surface area contributed by atoms with E-state index in [0.29, 0.717) is 5.69 Å². The molecule has 1 fully saturated rings. The molecule has 1 aromatic rings. The van der Waals surface area contributed by atoms with Gasteiger partial charge in [0.15, 0.2) is 0 Å². The van der Waals surface area contributed by atoms with Gasteiger partial charge in [-0.15, -0.1) is 0 Å². The molecule has 0 radical (unpaired) electrons. The topological polar surface area (TPSA) is 29.3 Å². The van der Waals surface area contributed by atoms with Crippen molar-refractivity contribution in [3.63, 3.8) is 0 Å². The molecule has 82 valence electrons. The van der Waals surface area contributed by atoms with E-state index in [1.807, 2.05) is 4.90 Å². The third-order valence-corrected chi connectivity index (χ3v) is 2.55. The molecule has 1 aliphatic heterocycles. The van der Waals surface area contributed by atoms with E-state index in [0.717, 1.165) is 31.6 Å². The number of rotatable bonds is 1. The first-order chi connectivity index (χ1) is 6.98. The normalized spacial score (nSPS) is 16.3. The van der Waals surface area contributed by atoms with Crippen molar-refractivity contribution in [3.05, 3.63) is 23.8 Å². The maximum atomic E-state index is 12.3. The van der Waals surface area contributed by atoms with Gasteiger partial charge in [0.2, 0.25) is 0 Å². The van der Waals surface area contributed by atoms with Crippen LogP contribution in [0.2, 0.25) is 0 Å². The number of benzene rings is 1. The summed E-state index contributed by atoms with van der Waals surface area (Å²) in [6.45, 7) is 1.74. The molecule has 2 N–H and O–H groups in total. The van der Waals surface area contributed by atoms with E-state index in [4.69, 9.17) is 5.73 Å². The van der Waals surface area contributed by atoms with Crippen LogP contribution >= 0.6 is 0 Å². The number of nitrogens with zero attached hydrogens (tertiary/aromatic N) is 1. The second-order valence-corrected chi connectivity index (χ2v) is 3.61. The number of alkyl halides is 3. The number of nitrogen functional groups attached to an aromatic ring is 1. The molecule has 2 rings (SSSR count). The average molecular weight is 216 g/mol. The van der Waals surface area contributed by atoms with Crippen LogP contribution < -0.4 is 10.6 Å². The summed E-state index contributed by atoms with van der Waals surface area (Å²) in [5, 5.41) is 0. The van der Waals surface area contributed by atoms with Crippen LogP contribution in [0.5, 0.6) is 0 Å². The lowest BCUT2D eigenvalue weighted by Gasteiger charge is -2.34. The lowest BCUT2D eigenvalue weighted by atomic mass is 10.1. The van der Waals surface area contributed by atoms with Gasteiger partial charge < -0.3 is 10.6 Å². The van der Waals surface area contributed by atoms with Crippen LogP contribution in [0.25, 0.3) is 0 Å². The molecular formula is C10H11F3N2.